The lowest BCUT2D eigenvalue weighted by atomic mass is 9.84. The molecular formula is C48H37NS. The lowest BCUT2D eigenvalue weighted by Gasteiger charge is -2.21. The second-order valence-corrected chi connectivity index (χ2v) is 15.9. The molecule has 7 aromatic carbocycles. The van der Waals surface area contributed by atoms with E-state index in [1.165, 1.54) is 96.7 Å². The van der Waals surface area contributed by atoms with E-state index in [0.29, 0.717) is 0 Å². The molecule has 2 heteroatoms. The first-order chi connectivity index (χ1) is 24.4. The molecule has 10 rings (SSSR count). The molecule has 0 bridgehead atoms. The third-order valence-corrected chi connectivity index (χ3v) is 11.9. The first-order valence-electron chi connectivity index (χ1n) is 17.8. The van der Waals surface area contributed by atoms with Crippen LogP contribution in [0.1, 0.15) is 39.2 Å². The fourth-order valence-electron chi connectivity index (χ4n) is 8.38. The molecule has 1 aliphatic rings. The largest absolute Gasteiger partial charge is 0.309 e. The monoisotopic (exact) mass is 659 g/mol. The van der Waals surface area contributed by atoms with Crippen molar-refractivity contribution >= 4 is 76.2 Å². The maximum atomic E-state index is 2.48. The molecule has 0 aliphatic heterocycles. The van der Waals surface area contributed by atoms with E-state index in [1.807, 2.05) is 11.3 Å². The SMILES string of the molecule is CC(C)(C)c1ccc(-c2c3c(c(-c4ccc5c(c4)sc4cc(-n6c7ccccc7c7ccccc76)ccc45)c4ccccc24)=CCCC=3)cc1. The fraction of sp³-hybridized carbons (Fsp3) is 0.125. The van der Waals surface area contributed by atoms with Crippen LogP contribution >= 0.6 is 11.3 Å². The summed E-state index contributed by atoms with van der Waals surface area (Å²) in [6.07, 6.45) is 7.10. The van der Waals surface area contributed by atoms with Gasteiger partial charge in [-0.25, -0.2) is 0 Å². The predicted molar refractivity (Wildman–Crippen MR) is 218 cm³/mol. The van der Waals surface area contributed by atoms with Crippen molar-refractivity contribution in [2.45, 2.75) is 39.0 Å². The van der Waals surface area contributed by atoms with Crippen LogP contribution in [0.25, 0.3) is 92.8 Å². The Balaban J connectivity index is 1.16. The van der Waals surface area contributed by atoms with Crippen LogP contribution in [0, 0.1) is 0 Å². The Bertz CT molecular complexity index is 2890. The standard InChI is InChI=1S/C48H37NS/c1-48(2,3)32-23-20-30(21-24-32)46-38-14-4-6-16-40(38)47(41-17-7-5-15-39(41)46)31-22-26-36-37-27-25-33(29-45(37)50-44(36)28-31)49-42-18-10-8-12-34(42)35-13-9-11-19-43(35)49/h4,6,8-29H,5,7H2,1-3H3. The number of hydrogen-bond acceptors (Lipinski definition) is 1. The minimum absolute atomic E-state index is 0.127. The average Bonchev–Trinajstić information content (AvgIpc) is 3.68. The molecule has 2 aromatic heterocycles. The number of para-hydroxylation sites is 2. The molecule has 0 fully saturated rings. The molecule has 1 aliphatic carbocycles. The van der Waals surface area contributed by atoms with Gasteiger partial charge in [-0.1, -0.05) is 136 Å². The topological polar surface area (TPSA) is 4.93 Å². The van der Waals surface area contributed by atoms with Crippen molar-refractivity contribution in [3.8, 4) is 27.9 Å². The second kappa shape index (κ2) is 11.0. The summed E-state index contributed by atoms with van der Waals surface area (Å²) in [6, 6.07) is 50.0. The quantitative estimate of drug-likeness (QED) is 0.178. The van der Waals surface area contributed by atoms with Crippen LogP contribution in [0.2, 0.25) is 0 Å². The third-order valence-electron chi connectivity index (χ3n) is 10.8. The lowest BCUT2D eigenvalue weighted by Crippen LogP contribution is -2.31. The van der Waals surface area contributed by atoms with E-state index < -0.39 is 0 Å². The molecule has 1 nitrogen and oxygen atoms in total. The highest BCUT2D eigenvalue weighted by Gasteiger charge is 2.19. The van der Waals surface area contributed by atoms with Crippen LogP contribution in [0.3, 0.4) is 0 Å². The number of rotatable bonds is 3. The van der Waals surface area contributed by atoms with Crippen LogP contribution in [0.15, 0.2) is 133 Å². The van der Waals surface area contributed by atoms with Gasteiger partial charge in [-0.3, -0.25) is 0 Å². The van der Waals surface area contributed by atoms with Crippen LogP contribution in [0.4, 0.5) is 0 Å². The van der Waals surface area contributed by atoms with Crippen molar-refractivity contribution < 1.29 is 0 Å². The molecule has 240 valence electrons. The highest BCUT2D eigenvalue weighted by Crippen LogP contribution is 2.40. The fourth-order valence-corrected chi connectivity index (χ4v) is 9.56. The van der Waals surface area contributed by atoms with Crippen LogP contribution < -0.4 is 10.4 Å². The maximum absolute atomic E-state index is 2.48. The predicted octanol–water partition coefficient (Wildman–Crippen LogP) is 12.3. The third kappa shape index (κ3) is 4.45. The second-order valence-electron chi connectivity index (χ2n) is 14.8. The van der Waals surface area contributed by atoms with Crippen molar-refractivity contribution in [3.05, 3.63) is 149 Å². The van der Waals surface area contributed by atoms with Crippen molar-refractivity contribution in [3.63, 3.8) is 0 Å². The van der Waals surface area contributed by atoms with Gasteiger partial charge >= 0.3 is 0 Å². The van der Waals surface area contributed by atoms with Gasteiger partial charge in [0.25, 0.3) is 0 Å². The number of thiophene rings is 1. The summed E-state index contributed by atoms with van der Waals surface area (Å²) in [7, 11) is 0. The number of aromatic nitrogens is 1. The van der Waals surface area contributed by atoms with Gasteiger partial charge in [-0.15, -0.1) is 11.3 Å². The van der Waals surface area contributed by atoms with E-state index in [1.54, 1.807) is 0 Å². The van der Waals surface area contributed by atoms with E-state index >= 15 is 0 Å². The Kier molecular flexibility index (Phi) is 6.50. The summed E-state index contributed by atoms with van der Waals surface area (Å²) in [6.45, 7) is 6.86. The molecule has 0 radical (unpaired) electrons. The summed E-state index contributed by atoms with van der Waals surface area (Å²) in [4.78, 5) is 0. The zero-order valence-corrected chi connectivity index (χ0v) is 29.4. The summed E-state index contributed by atoms with van der Waals surface area (Å²) < 4.78 is 5.07. The van der Waals surface area contributed by atoms with Gasteiger partial charge in [0.05, 0.1) is 11.0 Å². The highest BCUT2D eigenvalue weighted by molar-refractivity contribution is 7.25. The molecule has 0 spiro atoms. The van der Waals surface area contributed by atoms with Gasteiger partial charge in [0.2, 0.25) is 0 Å². The summed E-state index contributed by atoms with van der Waals surface area (Å²) in [5, 5.41) is 10.6. The zero-order valence-electron chi connectivity index (χ0n) is 28.6. The van der Waals surface area contributed by atoms with Crippen molar-refractivity contribution in [1.29, 1.82) is 0 Å². The highest BCUT2D eigenvalue weighted by atomic mass is 32.1. The molecule has 9 aromatic rings. The number of nitrogens with zero attached hydrogens (tertiary/aromatic N) is 1. The Hall–Kier alpha value is -5.44. The number of fused-ring (bicyclic) bond motifs is 8. The van der Waals surface area contributed by atoms with E-state index in [0.717, 1.165) is 12.8 Å². The first-order valence-corrected chi connectivity index (χ1v) is 18.6. The van der Waals surface area contributed by atoms with Crippen molar-refractivity contribution in [2.24, 2.45) is 0 Å². The number of benzene rings is 7. The smallest absolute Gasteiger partial charge is 0.0541 e. The van der Waals surface area contributed by atoms with Crippen LogP contribution in [-0.2, 0) is 5.41 Å². The molecule has 0 atom stereocenters. The molecule has 0 unspecified atom stereocenters. The van der Waals surface area contributed by atoms with Crippen LogP contribution in [0.5, 0.6) is 0 Å². The molecule has 50 heavy (non-hydrogen) atoms. The molecule has 0 saturated carbocycles. The molecule has 0 amide bonds. The van der Waals surface area contributed by atoms with E-state index in [9.17, 15) is 0 Å². The minimum Gasteiger partial charge on any atom is -0.309 e. The lowest BCUT2D eigenvalue weighted by molar-refractivity contribution is 0.590. The van der Waals surface area contributed by atoms with E-state index in [-0.39, 0.29) is 5.41 Å². The maximum Gasteiger partial charge on any atom is 0.0541 e. The van der Waals surface area contributed by atoms with Crippen molar-refractivity contribution in [2.75, 3.05) is 0 Å². The normalized spacial score (nSPS) is 13.3. The van der Waals surface area contributed by atoms with Crippen LogP contribution in [-0.4, -0.2) is 4.57 Å². The number of hydrogen-bond donors (Lipinski definition) is 0. The Morgan fingerprint density at radius 3 is 1.58 bits per heavy atom. The zero-order chi connectivity index (χ0) is 33.6. The Morgan fingerprint density at radius 1 is 0.480 bits per heavy atom. The summed E-state index contributed by atoms with van der Waals surface area (Å²) >= 11 is 1.91. The minimum atomic E-state index is 0.127. The molecule has 0 saturated heterocycles. The van der Waals surface area contributed by atoms with Gasteiger partial charge < -0.3 is 4.57 Å². The average molecular weight is 660 g/mol. The Morgan fingerprint density at radius 2 is 0.980 bits per heavy atom. The molecular weight excluding hydrogens is 623 g/mol. The van der Waals surface area contributed by atoms with Gasteiger partial charge in [0, 0.05) is 36.6 Å². The van der Waals surface area contributed by atoms with Gasteiger partial charge in [0.1, 0.15) is 0 Å². The van der Waals surface area contributed by atoms with E-state index in [4.69, 9.17) is 0 Å². The van der Waals surface area contributed by atoms with Gasteiger partial charge in [-0.05, 0) is 97.6 Å². The Labute approximate surface area is 296 Å². The molecule has 0 N–H and O–H groups in total. The van der Waals surface area contributed by atoms with Gasteiger partial charge in [-0.2, -0.15) is 0 Å². The van der Waals surface area contributed by atoms with Gasteiger partial charge in [0.15, 0.2) is 0 Å². The van der Waals surface area contributed by atoms with E-state index in [2.05, 4.69) is 171 Å². The summed E-state index contributed by atoms with van der Waals surface area (Å²) in [5.41, 5.74) is 10.5. The first kappa shape index (κ1) is 29.5. The summed E-state index contributed by atoms with van der Waals surface area (Å²) in [5.74, 6) is 0. The van der Waals surface area contributed by atoms with Crippen molar-refractivity contribution in [1.82, 2.24) is 4.57 Å². The molecule has 2 heterocycles.